The Balaban J connectivity index is 2.14. The molecule has 3 N–H and O–H groups in total. The fourth-order valence-electron chi connectivity index (χ4n) is 2.80. The Labute approximate surface area is 125 Å². The van der Waals surface area contributed by atoms with Crippen LogP contribution in [0, 0.1) is 5.92 Å². The van der Waals surface area contributed by atoms with Crippen LogP contribution in [0.5, 0.6) is 11.5 Å². The van der Waals surface area contributed by atoms with E-state index in [9.17, 15) is 4.79 Å². The number of hydrogen-bond donors (Lipinski definition) is 2. The first-order chi connectivity index (χ1) is 10.2. The molecule has 0 saturated heterocycles. The summed E-state index contributed by atoms with van der Waals surface area (Å²) in [5.74, 6) is 1.13. The van der Waals surface area contributed by atoms with Gasteiger partial charge in [-0.05, 0) is 25.0 Å². The zero-order valence-corrected chi connectivity index (χ0v) is 12.7. The first-order valence-electron chi connectivity index (χ1n) is 7.44. The Kier molecular flexibility index (Phi) is 5.44. The van der Waals surface area contributed by atoms with Crippen LogP contribution in [0.1, 0.15) is 32.1 Å². The predicted molar refractivity (Wildman–Crippen MR) is 82.7 cm³/mol. The van der Waals surface area contributed by atoms with E-state index in [0.717, 1.165) is 32.1 Å². The van der Waals surface area contributed by atoms with Gasteiger partial charge in [-0.25, -0.2) is 0 Å². The molecule has 21 heavy (non-hydrogen) atoms. The lowest BCUT2D eigenvalue weighted by molar-refractivity contribution is -0.120. The van der Waals surface area contributed by atoms with Crippen LogP contribution in [0.15, 0.2) is 18.2 Å². The number of nitrogens with two attached hydrogens (primary N) is 1. The molecule has 1 aromatic rings. The molecule has 1 saturated carbocycles. The van der Waals surface area contributed by atoms with Crippen molar-refractivity contribution in [3.05, 3.63) is 18.2 Å². The van der Waals surface area contributed by atoms with E-state index in [1.54, 1.807) is 32.4 Å². The van der Waals surface area contributed by atoms with Gasteiger partial charge in [-0.1, -0.05) is 19.3 Å². The van der Waals surface area contributed by atoms with Crippen LogP contribution in [-0.4, -0.2) is 26.2 Å². The molecule has 2 rings (SSSR count). The monoisotopic (exact) mass is 292 g/mol. The lowest BCUT2D eigenvalue weighted by Crippen LogP contribution is -2.37. The summed E-state index contributed by atoms with van der Waals surface area (Å²) in [6.07, 6.45) is 5.07. The van der Waals surface area contributed by atoms with Crippen molar-refractivity contribution in [3.8, 4) is 11.5 Å². The Hall–Kier alpha value is -1.75. The van der Waals surface area contributed by atoms with Crippen LogP contribution in [0.25, 0.3) is 0 Å². The first-order valence-corrected chi connectivity index (χ1v) is 7.44. The van der Waals surface area contributed by atoms with E-state index in [1.165, 1.54) is 0 Å². The second kappa shape index (κ2) is 7.31. The summed E-state index contributed by atoms with van der Waals surface area (Å²) in [6, 6.07) is 5.27. The summed E-state index contributed by atoms with van der Waals surface area (Å²) in [4.78, 5) is 12.5. The molecule has 0 heterocycles. The van der Waals surface area contributed by atoms with Gasteiger partial charge in [0, 0.05) is 12.1 Å². The normalized spacial score (nSPS) is 22.2. The molecule has 0 radical (unpaired) electrons. The van der Waals surface area contributed by atoms with Crippen LogP contribution < -0.4 is 20.5 Å². The van der Waals surface area contributed by atoms with Crippen molar-refractivity contribution in [1.82, 2.24) is 0 Å². The third-order valence-corrected chi connectivity index (χ3v) is 4.07. The quantitative estimate of drug-likeness (QED) is 0.836. The van der Waals surface area contributed by atoms with Gasteiger partial charge in [0.1, 0.15) is 11.5 Å². The Morgan fingerprint density at radius 3 is 2.67 bits per heavy atom. The standard InChI is InChI=1S/C16H24N2O3/c1-20-11-8-9-15(21-2)14(10-11)18-16(19)12-6-4-3-5-7-13(12)17/h8-10,12-13H,3-7,17H2,1-2H3,(H,18,19). The highest BCUT2D eigenvalue weighted by Gasteiger charge is 2.27. The van der Waals surface area contributed by atoms with Gasteiger partial charge in [0.2, 0.25) is 5.91 Å². The fourth-order valence-corrected chi connectivity index (χ4v) is 2.80. The number of anilines is 1. The lowest BCUT2D eigenvalue weighted by Gasteiger charge is -2.21. The molecule has 1 fully saturated rings. The van der Waals surface area contributed by atoms with Crippen molar-refractivity contribution in [1.29, 1.82) is 0 Å². The number of ether oxygens (including phenoxy) is 2. The van der Waals surface area contributed by atoms with Gasteiger partial charge >= 0.3 is 0 Å². The minimum atomic E-state index is -0.136. The summed E-state index contributed by atoms with van der Waals surface area (Å²) < 4.78 is 10.5. The van der Waals surface area contributed by atoms with E-state index in [0.29, 0.717) is 17.2 Å². The van der Waals surface area contributed by atoms with E-state index in [2.05, 4.69) is 5.32 Å². The molecule has 0 bridgehead atoms. The molecule has 2 unspecified atom stereocenters. The highest BCUT2D eigenvalue weighted by Crippen LogP contribution is 2.30. The van der Waals surface area contributed by atoms with Crippen LogP contribution in [0.2, 0.25) is 0 Å². The molecule has 1 aliphatic carbocycles. The van der Waals surface area contributed by atoms with Gasteiger partial charge in [0.05, 0.1) is 25.8 Å². The Morgan fingerprint density at radius 1 is 1.19 bits per heavy atom. The molecular weight excluding hydrogens is 268 g/mol. The van der Waals surface area contributed by atoms with Gasteiger partial charge in [-0.15, -0.1) is 0 Å². The second-order valence-electron chi connectivity index (χ2n) is 5.46. The van der Waals surface area contributed by atoms with Crippen LogP contribution >= 0.6 is 0 Å². The topological polar surface area (TPSA) is 73.6 Å². The van der Waals surface area contributed by atoms with Crippen LogP contribution in [0.3, 0.4) is 0 Å². The lowest BCUT2D eigenvalue weighted by atomic mass is 9.94. The van der Waals surface area contributed by atoms with Crippen molar-refractivity contribution >= 4 is 11.6 Å². The van der Waals surface area contributed by atoms with Crippen molar-refractivity contribution in [2.45, 2.75) is 38.1 Å². The minimum Gasteiger partial charge on any atom is -0.497 e. The summed E-state index contributed by atoms with van der Waals surface area (Å²) in [5.41, 5.74) is 6.77. The van der Waals surface area contributed by atoms with Crippen molar-refractivity contribution < 1.29 is 14.3 Å². The molecule has 5 heteroatoms. The number of hydrogen-bond acceptors (Lipinski definition) is 4. The van der Waals surface area contributed by atoms with E-state index < -0.39 is 0 Å². The largest absolute Gasteiger partial charge is 0.497 e. The van der Waals surface area contributed by atoms with Crippen molar-refractivity contribution in [3.63, 3.8) is 0 Å². The van der Waals surface area contributed by atoms with Gasteiger partial charge in [0.15, 0.2) is 0 Å². The molecule has 2 atom stereocenters. The van der Waals surface area contributed by atoms with Crippen LogP contribution in [-0.2, 0) is 4.79 Å². The van der Waals surface area contributed by atoms with Crippen molar-refractivity contribution in [2.75, 3.05) is 19.5 Å². The molecule has 0 aromatic heterocycles. The number of rotatable bonds is 4. The third kappa shape index (κ3) is 3.88. The maximum absolute atomic E-state index is 12.5. The van der Waals surface area contributed by atoms with Gasteiger partial charge in [-0.2, -0.15) is 0 Å². The molecule has 1 aliphatic rings. The maximum atomic E-state index is 12.5. The molecular formula is C16H24N2O3. The molecule has 1 amide bonds. The number of carbonyl (C=O) groups excluding carboxylic acids is 1. The number of benzene rings is 1. The smallest absolute Gasteiger partial charge is 0.229 e. The summed E-state index contributed by atoms with van der Waals surface area (Å²) in [5, 5.41) is 2.94. The number of amides is 1. The average molecular weight is 292 g/mol. The summed E-state index contributed by atoms with van der Waals surface area (Å²) >= 11 is 0. The van der Waals surface area contributed by atoms with Gasteiger partial charge in [0.25, 0.3) is 0 Å². The third-order valence-electron chi connectivity index (χ3n) is 4.07. The summed E-state index contributed by atoms with van der Waals surface area (Å²) in [6.45, 7) is 0. The SMILES string of the molecule is COc1ccc(OC)c(NC(=O)C2CCCCCC2N)c1. The Morgan fingerprint density at radius 2 is 1.95 bits per heavy atom. The minimum absolute atomic E-state index is 0.0315. The average Bonchev–Trinajstić information content (AvgIpc) is 2.71. The maximum Gasteiger partial charge on any atom is 0.229 e. The summed E-state index contributed by atoms with van der Waals surface area (Å²) in [7, 11) is 3.17. The van der Waals surface area contributed by atoms with Crippen LogP contribution in [0.4, 0.5) is 5.69 Å². The molecule has 5 nitrogen and oxygen atoms in total. The van der Waals surface area contributed by atoms with E-state index >= 15 is 0 Å². The van der Waals surface area contributed by atoms with E-state index in [4.69, 9.17) is 15.2 Å². The molecule has 116 valence electrons. The zero-order chi connectivity index (χ0) is 15.2. The molecule has 1 aromatic carbocycles. The fraction of sp³-hybridized carbons (Fsp3) is 0.562. The number of carbonyl (C=O) groups is 1. The van der Waals surface area contributed by atoms with E-state index in [1.807, 2.05) is 0 Å². The number of nitrogens with one attached hydrogen (secondary N) is 1. The first kappa shape index (κ1) is 15.6. The number of methoxy groups -OCH3 is 2. The highest BCUT2D eigenvalue weighted by atomic mass is 16.5. The van der Waals surface area contributed by atoms with Crippen molar-refractivity contribution in [2.24, 2.45) is 11.7 Å². The Bertz CT molecular complexity index is 490. The highest BCUT2D eigenvalue weighted by molar-refractivity contribution is 5.94. The van der Waals surface area contributed by atoms with E-state index in [-0.39, 0.29) is 17.9 Å². The zero-order valence-electron chi connectivity index (χ0n) is 12.7. The van der Waals surface area contributed by atoms with Gasteiger partial charge < -0.3 is 20.5 Å². The molecule has 0 spiro atoms. The predicted octanol–water partition coefficient (Wildman–Crippen LogP) is 2.55. The molecule has 0 aliphatic heterocycles. The van der Waals surface area contributed by atoms with Gasteiger partial charge in [-0.3, -0.25) is 4.79 Å². The second-order valence-corrected chi connectivity index (χ2v) is 5.46.